The van der Waals surface area contributed by atoms with E-state index in [1.807, 2.05) is 0 Å². The Hall–Kier alpha value is -2.90. The van der Waals surface area contributed by atoms with Gasteiger partial charge in [-0.05, 0) is 18.2 Å². The number of amides is 1. The van der Waals surface area contributed by atoms with Gasteiger partial charge >= 0.3 is 0 Å². The second-order valence-corrected chi connectivity index (χ2v) is 5.61. The summed E-state index contributed by atoms with van der Waals surface area (Å²) in [4.78, 5) is 17.8. The maximum atomic E-state index is 14.4. The predicted molar refractivity (Wildman–Crippen MR) is 86.8 cm³/mol. The third-order valence-corrected chi connectivity index (χ3v) is 3.81. The van der Waals surface area contributed by atoms with Gasteiger partial charge in [-0.1, -0.05) is 16.4 Å². The molecule has 1 unspecified atom stereocenters. The highest BCUT2D eigenvalue weighted by Gasteiger charge is 2.24. The zero-order chi connectivity index (χ0) is 17.1. The molecule has 2 heterocycles. The summed E-state index contributed by atoms with van der Waals surface area (Å²) in [6.45, 7) is 2.12. The lowest BCUT2D eigenvalue weighted by molar-refractivity contribution is -0.119. The van der Waals surface area contributed by atoms with Crippen LogP contribution in [0.2, 0.25) is 0 Å². The maximum Gasteiger partial charge on any atom is 0.217 e. The molecule has 7 nitrogen and oxygen atoms in total. The molecule has 0 saturated heterocycles. The number of rotatable bonds is 4. The van der Waals surface area contributed by atoms with Crippen molar-refractivity contribution in [3.8, 4) is 0 Å². The monoisotopic (exact) mass is 332 g/mol. The van der Waals surface area contributed by atoms with Crippen LogP contribution in [0.4, 0.5) is 10.1 Å². The van der Waals surface area contributed by atoms with E-state index in [9.17, 15) is 9.18 Å². The molecule has 0 fully saturated rings. The highest BCUT2D eigenvalue weighted by Crippen LogP contribution is 2.25. The lowest BCUT2D eigenvalue weighted by atomic mass is 10.0. The van der Waals surface area contributed by atoms with Crippen LogP contribution in [0, 0.1) is 5.82 Å². The summed E-state index contributed by atoms with van der Waals surface area (Å²) in [5, 5.41) is 18.5. The molecule has 8 heteroatoms. The fourth-order valence-corrected chi connectivity index (χ4v) is 2.57. The number of hydrogen-bond acceptors (Lipinski definition) is 6. The topological polar surface area (TPSA) is 86.5 Å². The van der Waals surface area contributed by atoms with Crippen LogP contribution in [0.25, 0.3) is 0 Å². The molecule has 0 aromatic heterocycles. The largest absolute Gasteiger partial charge is 0.411 e. The summed E-state index contributed by atoms with van der Waals surface area (Å²) in [6, 6.07) is 4.82. The van der Waals surface area contributed by atoms with Crippen molar-refractivity contribution in [2.24, 2.45) is 10.3 Å². The summed E-state index contributed by atoms with van der Waals surface area (Å²) in [5.41, 5.74) is 2.14. The van der Waals surface area contributed by atoms with E-state index in [4.69, 9.17) is 10.0 Å². The van der Waals surface area contributed by atoms with E-state index in [2.05, 4.69) is 15.6 Å². The van der Waals surface area contributed by atoms with Crippen LogP contribution >= 0.6 is 0 Å². The Balaban J connectivity index is 1.68. The molecule has 1 atom stereocenters. The number of oxime groups is 2. The van der Waals surface area contributed by atoms with Gasteiger partial charge < -0.3 is 20.3 Å². The average Bonchev–Trinajstić information content (AvgIpc) is 3.22. The smallest absolute Gasteiger partial charge is 0.217 e. The molecule has 0 saturated carbocycles. The maximum absolute atomic E-state index is 14.4. The number of benzene rings is 1. The quantitative estimate of drug-likeness (QED) is 0.648. The van der Waals surface area contributed by atoms with Crippen LogP contribution in [0.15, 0.2) is 40.8 Å². The van der Waals surface area contributed by atoms with Crippen LogP contribution in [0.1, 0.15) is 18.9 Å². The minimum Gasteiger partial charge on any atom is -0.411 e. The highest BCUT2D eigenvalue weighted by molar-refractivity contribution is 6.03. The molecule has 3 rings (SSSR count). The number of halogens is 1. The molecule has 126 valence electrons. The van der Waals surface area contributed by atoms with Gasteiger partial charge in [0.25, 0.3) is 0 Å². The number of anilines is 1. The number of carbonyl (C=O) groups is 1. The van der Waals surface area contributed by atoms with Crippen LogP contribution in [-0.4, -0.2) is 41.7 Å². The minimum absolute atomic E-state index is 0.132. The summed E-state index contributed by atoms with van der Waals surface area (Å²) < 4.78 is 14.4. The van der Waals surface area contributed by atoms with Crippen LogP contribution in [0.5, 0.6) is 0 Å². The molecule has 0 spiro atoms. The first-order valence-electron chi connectivity index (χ1n) is 7.49. The Kier molecular flexibility index (Phi) is 4.45. The molecule has 1 amide bonds. The van der Waals surface area contributed by atoms with Crippen molar-refractivity contribution < 1.29 is 19.2 Å². The Morgan fingerprint density at radius 1 is 1.58 bits per heavy atom. The van der Waals surface area contributed by atoms with Crippen molar-refractivity contribution in [2.45, 2.75) is 19.4 Å². The van der Waals surface area contributed by atoms with E-state index in [1.54, 1.807) is 29.3 Å². The van der Waals surface area contributed by atoms with Crippen molar-refractivity contribution in [2.75, 3.05) is 18.0 Å². The van der Waals surface area contributed by atoms with Crippen LogP contribution in [-0.2, 0) is 9.63 Å². The molecule has 0 radical (unpaired) electrons. The normalized spacial score (nSPS) is 21.1. The molecule has 0 bridgehead atoms. The predicted octanol–water partition coefficient (Wildman–Crippen LogP) is 1.62. The molecule has 2 aliphatic heterocycles. The van der Waals surface area contributed by atoms with E-state index < -0.39 is 5.82 Å². The van der Waals surface area contributed by atoms with Crippen molar-refractivity contribution in [1.82, 2.24) is 5.32 Å². The Labute approximate surface area is 138 Å². The van der Waals surface area contributed by atoms with Gasteiger partial charge in [0.15, 0.2) is 0 Å². The van der Waals surface area contributed by atoms with Crippen molar-refractivity contribution in [1.29, 1.82) is 0 Å². The van der Waals surface area contributed by atoms with Crippen molar-refractivity contribution >= 4 is 23.0 Å². The number of nitrogens with zero attached hydrogens (tertiary/aromatic N) is 3. The molecule has 2 N–H and O–H groups in total. The minimum atomic E-state index is -0.399. The Bertz CT molecular complexity index is 745. The van der Waals surface area contributed by atoms with Crippen LogP contribution < -0.4 is 10.2 Å². The van der Waals surface area contributed by atoms with Gasteiger partial charge in [-0.15, -0.1) is 0 Å². The van der Waals surface area contributed by atoms with E-state index in [-0.39, 0.29) is 12.0 Å². The van der Waals surface area contributed by atoms with Crippen LogP contribution in [0.3, 0.4) is 0 Å². The average molecular weight is 332 g/mol. The van der Waals surface area contributed by atoms with Crippen molar-refractivity contribution in [3.05, 3.63) is 41.9 Å². The molecule has 1 aromatic rings. The lowest BCUT2D eigenvalue weighted by Crippen LogP contribution is -2.30. The number of hydrogen-bond donors (Lipinski definition) is 2. The molecular formula is C16H17FN4O3. The van der Waals surface area contributed by atoms with Gasteiger partial charge in [-0.3, -0.25) is 4.79 Å². The molecule has 0 aliphatic carbocycles. The van der Waals surface area contributed by atoms with E-state index in [1.165, 1.54) is 13.0 Å². The fourth-order valence-electron chi connectivity index (χ4n) is 2.57. The highest BCUT2D eigenvalue weighted by atomic mass is 19.1. The van der Waals surface area contributed by atoms with E-state index in [0.717, 1.165) is 0 Å². The second-order valence-electron chi connectivity index (χ2n) is 5.61. The number of carbonyl (C=O) groups excluding carboxylic acids is 1. The van der Waals surface area contributed by atoms with Gasteiger partial charge in [0.1, 0.15) is 17.6 Å². The molecule has 2 aliphatic rings. The first kappa shape index (κ1) is 16.0. The molecular weight excluding hydrogens is 315 g/mol. The Morgan fingerprint density at radius 2 is 2.42 bits per heavy atom. The van der Waals surface area contributed by atoms with Crippen molar-refractivity contribution in [3.63, 3.8) is 0 Å². The third-order valence-electron chi connectivity index (χ3n) is 3.81. The zero-order valence-corrected chi connectivity index (χ0v) is 13.1. The second kappa shape index (κ2) is 6.69. The SMILES string of the molecule is CC(=O)NCC1CC(c2ccc(N3C=CC(=NO)C3)c(F)c2)=NO1. The number of nitrogens with one attached hydrogen (secondary N) is 1. The standard InChI is InChI=1S/C16H17FN4O3/c1-10(22)18-8-13-7-15(20-24-13)11-2-3-16(14(17)6-11)21-5-4-12(9-21)19-23/h2-6,13,23H,7-9H2,1H3,(H,18,22). The fraction of sp³-hybridized carbons (Fsp3) is 0.312. The lowest BCUT2D eigenvalue weighted by Gasteiger charge is -2.16. The van der Waals surface area contributed by atoms with Gasteiger partial charge in [0.2, 0.25) is 5.91 Å². The van der Waals surface area contributed by atoms with Gasteiger partial charge in [0, 0.05) is 25.1 Å². The summed E-state index contributed by atoms with van der Waals surface area (Å²) in [7, 11) is 0. The first-order valence-corrected chi connectivity index (χ1v) is 7.49. The van der Waals surface area contributed by atoms with Gasteiger partial charge in [-0.2, -0.15) is 0 Å². The van der Waals surface area contributed by atoms with E-state index >= 15 is 0 Å². The van der Waals surface area contributed by atoms with Gasteiger partial charge in [0.05, 0.1) is 24.5 Å². The first-order chi connectivity index (χ1) is 11.6. The summed E-state index contributed by atoms with van der Waals surface area (Å²) in [6.07, 6.45) is 3.54. The molecule has 1 aromatic carbocycles. The van der Waals surface area contributed by atoms with E-state index in [0.29, 0.717) is 42.2 Å². The Morgan fingerprint density at radius 3 is 3.08 bits per heavy atom. The summed E-state index contributed by atoms with van der Waals surface area (Å²) >= 11 is 0. The summed E-state index contributed by atoms with van der Waals surface area (Å²) in [5.74, 6) is -0.531. The van der Waals surface area contributed by atoms with Gasteiger partial charge in [-0.25, -0.2) is 4.39 Å². The zero-order valence-electron chi connectivity index (χ0n) is 13.1. The third kappa shape index (κ3) is 3.37. The molecule has 24 heavy (non-hydrogen) atoms.